The molecular weight excluding hydrogens is 328 g/mol. The van der Waals surface area contributed by atoms with Gasteiger partial charge in [0.15, 0.2) is 0 Å². The first kappa shape index (κ1) is 15.3. The molecule has 2 aliphatic heterocycles. The lowest BCUT2D eigenvalue weighted by atomic mass is 9.94. The average Bonchev–Trinajstić information content (AvgIpc) is 3.03. The maximum absolute atomic E-state index is 12.7. The minimum absolute atomic E-state index is 0.0389. The first-order valence-electron chi connectivity index (χ1n) is 8.78. The molecule has 1 atom stereocenters. The van der Waals surface area contributed by atoms with Crippen LogP contribution in [-0.4, -0.2) is 42.2 Å². The molecule has 3 heterocycles. The summed E-state index contributed by atoms with van der Waals surface area (Å²) in [6.07, 6.45) is 1.54. The van der Waals surface area contributed by atoms with Crippen molar-refractivity contribution in [3.05, 3.63) is 60.0 Å². The Hall–Kier alpha value is -2.99. The lowest BCUT2D eigenvalue weighted by Gasteiger charge is -2.29. The second kappa shape index (κ2) is 6.07. The molecule has 2 aliphatic rings. The van der Waals surface area contributed by atoms with Crippen LogP contribution in [-0.2, 0) is 9.53 Å². The highest BCUT2D eigenvalue weighted by molar-refractivity contribution is 6.06. The molecule has 1 unspecified atom stereocenters. The molecule has 6 heteroatoms. The van der Waals surface area contributed by atoms with E-state index in [1.54, 1.807) is 6.33 Å². The SMILES string of the molecule is O=C1Nc2ccccc2C1c1ncnc2ccc(N3CCOCC3)cc12. The lowest BCUT2D eigenvalue weighted by Crippen LogP contribution is -2.36. The van der Waals surface area contributed by atoms with Gasteiger partial charge in [0, 0.05) is 29.9 Å². The van der Waals surface area contributed by atoms with Gasteiger partial charge in [0.25, 0.3) is 0 Å². The fraction of sp³-hybridized carbons (Fsp3) is 0.250. The van der Waals surface area contributed by atoms with Crippen molar-refractivity contribution in [3.63, 3.8) is 0 Å². The Morgan fingerprint density at radius 1 is 1.08 bits per heavy atom. The van der Waals surface area contributed by atoms with Gasteiger partial charge < -0.3 is 15.0 Å². The van der Waals surface area contributed by atoms with E-state index in [-0.39, 0.29) is 5.91 Å². The van der Waals surface area contributed by atoms with E-state index >= 15 is 0 Å². The summed E-state index contributed by atoms with van der Waals surface area (Å²) < 4.78 is 5.45. The Morgan fingerprint density at radius 2 is 1.92 bits per heavy atom. The van der Waals surface area contributed by atoms with Crippen molar-refractivity contribution in [1.29, 1.82) is 0 Å². The molecule has 0 aliphatic carbocycles. The summed E-state index contributed by atoms with van der Waals surface area (Å²) >= 11 is 0. The van der Waals surface area contributed by atoms with E-state index in [9.17, 15) is 4.79 Å². The summed E-state index contributed by atoms with van der Waals surface area (Å²) in [5.41, 5.74) is 4.55. The summed E-state index contributed by atoms with van der Waals surface area (Å²) in [7, 11) is 0. The van der Waals surface area contributed by atoms with E-state index in [0.717, 1.165) is 59.8 Å². The van der Waals surface area contributed by atoms with Gasteiger partial charge in [-0.05, 0) is 29.8 Å². The summed E-state index contributed by atoms with van der Waals surface area (Å²) in [5.74, 6) is -0.445. The number of anilines is 2. The number of hydrogen-bond acceptors (Lipinski definition) is 5. The van der Waals surface area contributed by atoms with Crippen LogP contribution in [0.3, 0.4) is 0 Å². The summed E-state index contributed by atoms with van der Waals surface area (Å²) in [6.45, 7) is 3.19. The highest BCUT2D eigenvalue weighted by atomic mass is 16.5. The van der Waals surface area contributed by atoms with Crippen molar-refractivity contribution in [2.75, 3.05) is 36.5 Å². The zero-order chi connectivity index (χ0) is 17.5. The Labute approximate surface area is 150 Å². The third-order valence-electron chi connectivity index (χ3n) is 5.09. The van der Waals surface area contributed by atoms with Gasteiger partial charge in [-0.1, -0.05) is 18.2 Å². The first-order valence-corrected chi connectivity index (χ1v) is 8.78. The van der Waals surface area contributed by atoms with Crippen LogP contribution >= 0.6 is 0 Å². The average molecular weight is 346 g/mol. The smallest absolute Gasteiger partial charge is 0.238 e. The molecule has 6 nitrogen and oxygen atoms in total. The maximum Gasteiger partial charge on any atom is 0.238 e. The third kappa shape index (κ3) is 2.42. The Balaban J connectivity index is 1.65. The number of amides is 1. The predicted molar refractivity (Wildman–Crippen MR) is 99.5 cm³/mol. The number of hydrogen-bond donors (Lipinski definition) is 1. The lowest BCUT2D eigenvalue weighted by molar-refractivity contribution is -0.116. The minimum Gasteiger partial charge on any atom is -0.378 e. The molecule has 1 amide bonds. The molecule has 130 valence electrons. The summed E-state index contributed by atoms with van der Waals surface area (Å²) in [5, 5.41) is 3.89. The summed E-state index contributed by atoms with van der Waals surface area (Å²) in [6, 6.07) is 14.0. The van der Waals surface area contributed by atoms with Crippen LogP contribution in [0.15, 0.2) is 48.8 Å². The van der Waals surface area contributed by atoms with E-state index in [1.165, 1.54) is 0 Å². The van der Waals surface area contributed by atoms with Gasteiger partial charge in [-0.25, -0.2) is 9.97 Å². The normalized spacial score (nSPS) is 19.5. The number of carbonyl (C=O) groups is 1. The van der Waals surface area contributed by atoms with Gasteiger partial charge in [-0.15, -0.1) is 0 Å². The number of para-hydroxylation sites is 1. The number of ether oxygens (including phenoxy) is 1. The first-order chi connectivity index (χ1) is 12.8. The molecule has 1 saturated heterocycles. The Kier molecular flexibility index (Phi) is 3.57. The maximum atomic E-state index is 12.7. The monoisotopic (exact) mass is 346 g/mol. The van der Waals surface area contributed by atoms with E-state index in [4.69, 9.17) is 4.74 Å². The summed E-state index contributed by atoms with van der Waals surface area (Å²) in [4.78, 5) is 23.9. The number of aromatic nitrogens is 2. The number of nitrogens with one attached hydrogen (secondary N) is 1. The molecule has 2 aromatic carbocycles. The molecule has 0 spiro atoms. The largest absolute Gasteiger partial charge is 0.378 e. The molecule has 26 heavy (non-hydrogen) atoms. The van der Waals surface area contributed by atoms with E-state index in [1.807, 2.05) is 30.3 Å². The van der Waals surface area contributed by atoms with Crippen molar-refractivity contribution in [2.24, 2.45) is 0 Å². The molecule has 5 rings (SSSR count). The molecule has 1 N–H and O–H groups in total. The number of rotatable bonds is 2. The third-order valence-corrected chi connectivity index (χ3v) is 5.09. The van der Waals surface area contributed by atoms with Crippen LogP contribution in [0, 0.1) is 0 Å². The van der Waals surface area contributed by atoms with Gasteiger partial charge >= 0.3 is 0 Å². The van der Waals surface area contributed by atoms with Crippen LogP contribution in [0.1, 0.15) is 17.2 Å². The highest BCUT2D eigenvalue weighted by Gasteiger charge is 2.34. The fourth-order valence-electron chi connectivity index (χ4n) is 3.79. The van der Waals surface area contributed by atoms with Crippen molar-refractivity contribution in [2.45, 2.75) is 5.92 Å². The predicted octanol–water partition coefficient (Wildman–Crippen LogP) is 2.55. The molecule has 3 aromatic rings. The van der Waals surface area contributed by atoms with Crippen LogP contribution in [0.25, 0.3) is 10.9 Å². The molecule has 0 bridgehead atoms. The molecule has 0 radical (unpaired) electrons. The minimum atomic E-state index is -0.406. The number of morpholine rings is 1. The molecule has 0 saturated carbocycles. The second-order valence-corrected chi connectivity index (χ2v) is 6.57. The van der Waals surface area contributed by atoms with E-state index in [0.29, 0.717) is 0 Å². The van der Waals surface area contributed by atoms with Gasteiger partial charge in [0.2, 0.25) is 5.91 Å². The fourth-order valence-corrected chi connectivity index (χ4v) is 3.79. The van der Waals surface area contributed by atoms with Crippen LogP contribution in [0.4, 0.5) is 11.4 Å². The number of carbonyl (C=O) groups excluding carboxylic acids is 1. The molecular formula is C20H18N4O2. The number of benzene rings is 2. The Morgan fingerprint density at radius 3 is 2.81 bits per heavy atom. The van der Waals surface area contributed by atoms with Crippen molar-refractivity contribution >= 4 is 28.2 Å². The quantitative estimate of drug-likeness (QED) is 0.772. The number of fused-ring (bicyclic) bond motifs is 2. The van der Waals surface area contributed by atoms with Gasteiger partial charge in [0.1, 0.15) is 12.2 Å². The molecule has 1 aromatic heterocycles. The molecule has 1 fully saturated rings. The van der Waals surface area contributed by atoms with Gasteiger partial charge in [-0.3, -0.25) is 4.79 Å². The van der Waals surface area contributed by atoms with Crippen LogP contribution in [0.5, 0.6) is 0 Å². The highest BCUT2D eigenvalue weighted by Crippen LogP contribution is 2.38. The standard InChI is InChI=1S/C20H18N4O2/c25-20-18(14-3-1-2-4-17(14)23-20)19-15-11-13(24-7-9-26-10-8-24)5-6-16(15)21-12-22-19/h1-6,11-12,18H,7-10H2,(H,23,25). The topological polar surface area (TPSA) is 67.4 Å². The van der Waals surface area contributed by atoms with Gasteiger partial charge in [0.05, 0.1) is 24.4 Å². The Bertz CT molecular complexity index is 998. The number of nitrogens with zero attached hydrogens (tertiary/aromatic N) is 3. The van der Waals surface area contributed by atoms with Gasteiger partial charge in [-0.2, -0.15) is 0 Å². The van der Waals surface area contributed by atoms with Crippen LogP contribution in [0.2, 0.25) is 0 Å². The second-order valence-electron chi connectivity index (χ2n) is 6.57. The van der Waals surface area contributed by atoms with Crippen LogP contribution < -0.4 is 10.2 Å². The van der Waals surface area contributed by atoms with Crippen molar-refractivity contribution < 1.29 is 9.53 Å². The zero-order valence-electron chi connectivity index (χ0n) is 14.2. The van der Waals surface area contributed by atoms with Crippen molar-refractivity contribution in [1.82, 2.24) is 9.97 Å². The van der Waals surface area contributed by atoms with Crippen molar-refractivity contribution in [3.8, 4) is 0 Å². The van der Waals surface area contributed by atoms with E-state index < -0.39 is 5.92 Å². The zero-order valence-corrected chi connectivity index (χ0v) is 14.2. The van der Waals surface area contributed by atoms with E-state index in [2.05, 4.69) is 32.3 Å².